The van der Waals surface area contributed by atoms with Crippen molar-refractivity contribution in [1.82, 2.24) is 14.9 Å². The van der Waals surface area contributed by atoms with Gasteiger partial charge in [-0.1, -0.05) is 20.8 Å². The normalized spacial score (nSPS) is 13.4. The van der Waals surface area contributed by atoms with Crippen LogP contribution in [0.4, 0.5) is 0 Å². The minimum Gasteiger partial charge on any atom is -0.353 e. The van der Waals surface area contributed by atoms with Crippen LogP contribution in [0.1, 0.15) is 32.2 Å². The number of hydrogen-bond donors (Lipinski definition) is 2. The van der Waals surface area contributed by atoms with Crippen molar-refractivity contribution in [2.75, 3.05) is 6.54 Å². The average Bonchev–Trinajstić information content (AvgIpc) is 2.58. The molecule has 1 amide bonds. The molecule has 3 N–H and O–H groups in total. The van der Waals surface area contributed by atoms with Crippen LogP contribution in [0.5, 0.6) is 0 Å². The summed E-state index contributed by atoms with van der Waals surface area (Å²) in [5, 5.41) is 2.86. The molecular weight excluding hydrogens is 228 g/mol. The summed E-state index contributed by atoms with van der Waals surface area (Å²) in [4.78, 5) is 16.0. The van der Waals surface area contributed by atoms with Crippen LogP contribution in [0, 0.1) is 19.3 Å². The fourth-order valence-corrected chi connectivity index (χ4v) is 1.57. The zero-order valence-electron chi connectivity index (χ0n) is 11.9. The summed E-state index contributed by atoms with van der Waals surface area (Å²) in [5.41, 5.74) is 7.81. The molecule has 0 radical (unpaired) electrons. The van der Waals surface area contributed by atoms with E-state index in [9.17, 15) is 4.79 Å². The Hall–Kier alpha value is -1.36. The molecule has 0 saturated heterocycles. The summed E-state index contributed by atoms with van der Waals surface area (Å²) in [5.74, 6) is -0.100. The Morgan fingerprint density at radius 1 is 1.50 bits per heavy atom. The molecule has 18 heavy (non-hydrogen) atoms. The molecule has 102 valence electrons. The van der Waals surface area contributed by atoms with Crippen LogP contribution in [-0.2, 0) is 11.3 Å². The van der Waals surface area contributed by atoms with Gasteiger partial charge in [0.05, 0.1) is 18.1 Å². The standard InChI is InChI=1S/C13H24N4O/c1-9-10(2)17(8-16-9)7-6-15-12(18)11(14)13(3,4)5/h8,11H,6-7,14H2,1-5H3,(H,15,18)/t11-/m1/s1. The Kier molecular flexibility index (Phi) is 4.51. The van der Waals surface area contributed by atoms with Crippen molar-refractivity contribution in [3.8, 4) is 0 Å². The van der Waals surface area contributed by atoms with Gasteiger partial charge >= 0.3 is 0 Å². The maximum atomic E-state index is 11.8. The van der Waals surface area contributed by atoms with Crippen molar-refractivity contribution in [1.29, 1.82) is 0 Å². The van der Waals surface area contributed by atoms with Gasteiger partial charge in [-0.2, -0.15) is 0 Å². The van der Waals surface area contributed by atoms with Crippen molar-refractivity contribution in [2.45, 2.75) is 47.2 Å². The molecule has 0 aliphatic rings. The monoisotopic (exact) mass is 252 g/mol. The van der Waals surface area contributed by atoms with Crippen LogP contribution in [-0.4, -0.2) is 28.0 Å². The first-order valence-electron chi connectivity index (χ1n) is 6.25. The van der Waals surface area contributed by atoms with E-state index in [1.807, 2.05) is 39.2 Å². The second-order valence-corrected chi connectivity index (χ2v) is 5.74. The third-order valence-corrected chi connectivity index (χ3v) is 3.21. The molecule has 0 fully saturated rings. The number of aromatic nitrogens is 2. The number of carbonyl (C=O) groups is 1. The van der Waals surface area contributed by atoms with E-state index < -0.39 is 6.04 Å². The number of hydrogen-bond acceptors (Lipinski definition) is 3. The highest BCUT2D eigenvalue weighted by atomic mass is 16.2. The molecule has 0 unspecified atom stereocenters. The molecule has 0 aliphatic heterocycles. The number of nitrogens with zero attached hydrogens (tertiary/aromatic N) is 2. The summed E-state index contributed by atoms with van der Waals surface area (Å²) < 4.78 is 2.03. The van der Waals surface area contributed by atoms with E-state index in [1.54, 1.807) is 6.33 Å². The first-order chi connectivity index (χ1) is 8.23. The van der Waals surface area contributed by atoms with Gasteiger partial charge in [0.25, 0.3) is 0 Å². The largest absolute Gasteiger partial charge is 0.353 e. The third-order valence-electron chi connectivity index (χ3n) is 3.21. The molecule has 0 aliphatic carbocycles. The second kappa shape index (κ2) is 5.52. The molecule has 0 bridgehead atoms. The number of nitrogens with one attached hydrogen (secondary N) is 1. The SMILES string of the molecule is Cc1ncn(CCNC(=O)[C@@H](N)C(C)(C)C)c1C. The van der Waals surface area contributed by atoms with Gasteiger partial charge in [0, 0.05) is 18.8 Å². The number of rotatable bonds is 4. The lowest BCUT2D eigenvalue weighted by atomic mass is 9.87. The fraction of sp³-hybridized carbons (Fsp3) is 0.692. The van der Waals surface area contributed by atoms with Crippen molar-refractivity contribution >= 4 is 5.91 Å². The molecule has 1 atom stereocenters. The van der Waals surface area contributed by atoms with E-state index in [-0.39, 0.29) is 11.3 Å². The summed E-state index contributed by atoms with van der Waals surface area (Å²) in [6.45, 7) is 11.2. The lowest BCUT2D eigenvalue weighted by Gasteiger charge is -2.25. The zero-order chi connectivity index (χ0) is 13.9. The topological polar surface area (TPSA) is 72.9 Å². The lowest BCUT2D eigenvalue weighted by molar-refractivity contribution is -0.124. The number of carbonyl (C=O) groups excluding carboxylic acids is 1. The van der Waals surface area contributed by atoms with E-state index in [2.05, 4.69) is 10.3 Å². The van der Waals surface area contributed by atoms with E-state index in [0.29, 0.717) is 6.54 Å². The second-order valence-electron chi connectivity index (χ2n) is 5.74. The quantitative estimate of drug-likeness (QED) is 0.839. The highest BCUT2D eigenvalue weighted by Gasteiger charge is 2.26. The predicted molar refractivity (Wildman–Crippen MR) is 72.1 cm³/mol. The minimum absolute atomic E-state index is 0.100. The molecule has 0 saturated carbocycles. The van der Waals surface area contributed by atoms with Crippen LogP contribution in [0.2, 0.25) is 0 Å². The molecule has 0 aromatic carbocycles. The van der Waals surface area contributed by atoms with Gasteiger partial charge in [-0.05, 0) is 19.3 Å². The van der Waals surface area contributed by atoms with E-state index in [4.69, 9.17) is 5.73 Å². The Balaban J connectivity index is 2.43. The summed E-state index contributed by atoms with van der Waals surface area (Å²) in [6.07, 6.45) is 1.79. The summed E-state index contributed by atoms with van der Waals surface area (Å²) in [7, 11) is 0. The van der Waals surface area contributed by atoms with Gasteiger partial charge in [-0.25, -0.2) is 4.98 Å². The Labute approximate surface area is 109 Å². The van der Waals surface area contributed by atoms with E-state index >= 15 is 0 Å². The maximum Gasteiger partial charge on any atom is 0.237 e. The molecule has 1 heterocycles. The molecule has 1 rings (SSSR count). The average molecular weight is 252 g/mol. The fourth-order valence-electron chi connectivity index (χ4n) is 1.57. The molecule has 5 nitrogen and oxygen atoms in total. The predicted octanol–water partition coefficient (Wildman–Crippen LogP) is 0.990. The number of imidazole rings is 1. The van der Waals surface area contributed by atoms with Crippen LogP contribution in [0.25, 0.3) is 0 Å². The zero-order valence-corrected chi connectivity index (χ0v) is 11.9. The third kappa shape index (κ3) is 3.57. The van der Waals surface area contributed by atoms with E-state index in [0.717, 1.165) is 17.9 Å². The number of nitrogens with two attached hydrogens (primary N) is 1. The van der Waals surface area contributed by atoms with Crippen molar-refractivity contribution < 1.29 is 4.79 Å². The van der Waals surface area contributed by atoms with Crippen molar-refractivity contribution in [3.05, 3.63) is 17.7 Å². The highest BCUT2D eigenvalue weighted by molar-refractivity contribution is 5.82. The molecule has 5 heteroatoms. The summed E-state index contributed by atoms with van der Waals surface area (Å²) in [6, 6.07) is -0.483. The number of amides is 1. The highest BCUT2D eigenvalue weighted by Crippen LogP contribution is 2.17. The van der Waals surface area contributed by atoms with Gasteiger partial charge in [-0.15, -0.1) is 0 Å². The lowest BCUT2D eigenvalue weighted by Crippen LogP contribution is -2.49. The van der Waals surface area contributed by atoms with Crippen LogP contribution >= 0.6 is 0 Å². The van der Waals surface area contributed by atoms with Crippen molar-refractivity contribution in [3.63, 3.8) is 0 Å². The summed E-state index contributed by atoms with van der Waals surface area (Å²) >= 11 is 0. The first kappa shape index (κ1) is 14.7. The molecule has 0 spiro atoms. The Morgan fingerprint density at radius 3 is 2.56 bits per heavy atom. The van der Waals surface area contributed by atoms with E-state index in [1.165, 1.54) is 0 Å². The Morgan fingerprint density at radius 2 is 2.11 bits per heavy atom. The number of aryl methyl sites for hydroxylation is 1. The van der Waals surface area contributed by atoms with Gasteiger partial charge in [0.2, 0.25) is 5.91 Å². The van der Waals surface area contributed by atoms with Gasteiger partial charge in [0.15, 0.2) is 0 Å². The van der Waals surface area contributed by atoms with Gasteiger partial charge < -0.3 is 15.6 Å². The maximum absolute atomic E-state index is 11.8. The van der Waals surface area contributed by atoms with Crippen molar-refractivity contribution in [2.24, 2.45) is 11.1 Å². The molecular formula is C13H24N4O. The Bertz CT molecular complexity index is 417. The smallest absolute Gasteiger partial charge is 0.237 e. The van der Waals surface area contributed by atoms with Crippen LogP contribution in [0.15, 0.2) is 6.33 Å². The van der Waals surface area contributed by atoms with Crippen LogP contribution in [0.3, 0.4) is 0 Å². The molecule has 1 aromatic rings. The van der Waals surface area contributed by atoms with Gasteiger partial charge in [-0.3, -0.25) is 4.79 Å². The first-order valence-corrected chi connectivity index (χ1v) is 6.25. The minimum atomic E-state index is -0.483. The van der Waals surface area contributed by atoms with Gasteiger partial charge in [0.1, 0.15) is 0 Å². The molecule has 1 aromatic heterocycles. The van der Waals surface area contributed by atoms with Crippen LogP contribution < -0.4 is 11.1 Å².